The van der Waals surface area contributed by atoms with E-state index in [9.17, 15) is 4.79 Å². The zero-order valence-corrected chi connectivity index (χ0v) is 13.7. The highest BCUT2D eigenvalue weighted by Gasteiger charge is 2.12. The number of rotatable bonds is 5. The lowest BCUT2D eigenvalue weighted by atomic mass is 10.1. The maximum Gasteiger partial charge on any atom is 0.252 e. The second kappa shape index (κ2) is 6.72. The fraction of sp³-hybridized carbons (Fsp3) is 0.375. The van der Waals surface area contributed by atoms with E-state index in [1.165, 1.54) is 15.3 Å². The van der Waals surface area contributed by atoms with Gasteiger partial charge in [-0.2, -0.15) is 0 Å². The molecule has 2 heterocycles. The normalized spacial score (nSPS) is 12.0. The van der Waals surface area contributed by atoms with Gasteiger partial charge in [-0.3, -0.25) is 4.79 Å². The van der Waals surface area contributed by atoms with Crippen molar-refractivity contribution in [1.82, 2.24) is 10.3 Å². The van der Waals surface area contributed by atoms with Crippen LogP contribution in [-0.4, -0.2) is 17.4 Å². The summed E-state index contributed by atoms with van der Waals surface area (Å²) in [5, 5.41) is 6.13. The van der Waals surface area contributed by atoms with Crippen LogP contribution in [0.15, 0.2) is 24.4 Å². The third-order valence-corrected chi connectivity index (χ3v) is 4.25. The second-order valence-corrected chi connectivity index (χ2v) is 6.49. The number of aryl methyl sites for hydroxylation is 2. The van der Waals surface area contributed by atoms with Crippen LogP contribution in [-0.2, 0) is 0 Å². The first-order valence-electron chi connectivity index (χ1n) is 7.09. The van der Waals surface area contributed by atoms with Crippen molar-refractivity contribution in [2.24, 2.45) is 0 Å². The Bertz CT molecular complexity index is 619. The lowest BCUT2D eigenvalue weighted by molar-refractivity contribution is 0.0955. The summed E-state index contributed by atoms with van der Waals surface area (Å²) in [6.07, 6.45) is 1.60. The van der Waals surface area contributed by atoms with Crippen molar-refractivity contribution in [3.05, 3.63) is 45.3 Å². The predicted octanol–water partition coefficient (Wildman–Crippen LogP) is 3.68. The van der Waals surface area contributed by atoms with Gasteiger partial charge in [0.05, 0.1) is 11.6 Å². The van der Waals surface area contributed by atoms with E-state index >= 15 is 0 Å². The minimum Gasteiger partial charge on any atom is -0.364 e. The van der Waals surface area contributed by atoms with Gasteiger partial charge in [0.15, 0.2) is 0 Å². The Morgan fingerprint density at radius 2 is 2.14 bits per heavy atom. The molecule has 0 saturated heterocycles. The van der Waals surface area contributed by atoms with E-state index in [1.54, 1.807) is 23.6 Å². The van der Waals surface area contributed by atoms with Crippen LogP contribution in [0.3, 0.4) is 0 Å². The lowest BCUT2D eigenvalue weighted by Gasteiger charge is -2.14. The van der Waals surface area contributed by atoms with Gasteiger partial charge in [0.1, 0.15) is 5.82 Å². The molecule has 2 aromatic rings. The molecule has 0 spiro atoms. The molecule has 112 valence electrons. The van der Waals surface area contributed by atoms with Gasteiger partial charge < -0.3 is 10.6 Å². The maximum atomic E-state index is 11.7. The molecule has 0 bridgehead atoms. The molecule has 0 aliphatic heterocycles. The highest BCUT2D eigenvalue weighted by molar-refractivity contribution is 7.12. The molecule has 0 aliphatic carbocycles. The molecule has 4 nitrogen and oxygen atoms in total. The molecular formula is C16H21N3OS. The first kappa shape index (κ1) is 15.5. The first-order valence-corrected chi connectivity index (χ1v) is 7.90. The Balaban J connectivity index is 2.06. The van der Waals surface area contributed by atoms with Crippen LogP contribution < -0.4 is 10.6 Å². The van der Waals surface area contributed by atoms with Crippen LogP contribution in [0, 0.1) is 13.8 Å². The third-order valence-electron chi connectivity index (χ3n) is 3.27. The summed E-state index contributed by atoms with van der Waals surface area (Å²) < 4.78 is 0. The average molecular weight is 303 g/mol. The van der Waals surface area contributed by atoms with Gasteiger partial charge in [-0.15, -0.1) is 11.3 Å². The molecule has 2 N–H and O–H groups in total. The van der Waals surface area contributed by atoms with Crippen LogP contribution >= 0.6 is 11.3 Å². The summed E-state index contributed by atoms with van der Waals surface area (Å²) in [6.45, 7) is 8.89. The first-order chi connectivity index (χ1) is 10.0. The Kier molecular flexibility index (Phi) is 4.96. The molecule has 21 heavy (non-hydrogen) atoms. The number of aromatic nitrogens is 1. The van der Waals surface area contributed by atoms with Crippen molar-refractivity contribution in [1.29, 1.82) is 0 Å². The monoisotopic (exact) mass is 303 g/mol. The summed E-state index contributed by atoms with van der Waals surface area (Å²) in [5.41, 5.74) is 1.88. The van der Waals surface area contributed by atoms with Crippen molar-refractivity contribution in [2.75, 3.05) is 11.9 Å². The van der Waals surface area contributed by atoms with Gasteiger partial charge in [-0.25, -0.2) is 4.98 Å². The number of carbonyl (C=O) groups excluding carboxylic acids is 1. The van der Waals surface area contributed by atoms with Gasteiger partial charge in [-0.1, -0.05) is 0 Å². The molecule has 0 saturated carbocycles. The molecule has 2 aromatic heterocycles. The van der Waals surface area contributed by atoms with E-state index in [4.69, 9.17) is 0 Å². The maximum absolute atomic E-state index is 11.7. The molecular weight excluding hydrogens is 282 g/mol. The van der Waals surface area contributed by atoms with Crippen molar-refractivity contribution >= 4 is 23.1 Å². The largest absolute Gasteiger partial charge is 0.364 e. The topological polar surface area (TPSA) is 54.0 Å². The van der Waals surface area contributed by atoms with Crippen LogP contribution in [0.25, 0.3) is 0 Å². The van der Waals surface area contributed by atoms with E-state index in [1.807, 2.05) is 13.0 Å². The minimum absolute atomic E-state index is 0.0890. The molecule has 2 rings (SSSR count). The Morgan fingerprint density at radius 3 is 2.67 bits per heavy atom. The van der Waals surface area contributed by atoms with Gasteiger partial charge in [-0.05, 0) is 51.5 Å². The number of nitrogens with one attached hydrogen (secondary N) is 2. The van der Waals surface area contributed by atoms with Crippen LogP contribution in [0.2, 0.25) is 0 Å². The number of thiophene rings is 1. The van der Waals surface area contributed by atoms with E-state index in [0.717, 1.165) is 5.82 Å². The van der Waals surface area contributed by atoms with Crippen molar-refractivity contribution in [3.63, 3.8) is 0 Å². The second-order valence-electron chi connectivity index (χ2n) is 5.03. The third kappa shape index (κ3) is 3.82. The fourth-order valence-corrected chi connectivity index (χ4v) is 3.28. The highest BCUT2D eigenvalue weighted by atomic mass is 32.1. The van der Waals surface area contributed by atoms with E-state index in [0.29, 0.717) is 12.1 Å². The molecule has 1 unspecified atom stereocenters. The summed E-state index contributed by atoms with van der Waals surface area (Å²) in [7, 11) is 0. The SMILES string of the molecule is CCNC(=O)c1ccc(NC(C)c2cc(C)sc2C)nc1. The van der Waals surface area contributed by atoms with Crippen molar-refractivity contribution in [3.8, 4) is 0 Å². The Morgan fingerprint density at radius 1 is 1.38 bits per heavy atom. The smallest absolute Gasteiger partial charge is 0.252 e. The van der Waals surface area contributed by atoms with Crippen LogP contribution in [0.5, 0.6) is 0 Å². The lowest BCUT2D eigenvalue weighted by Crippen LogP contribution is -2.22. The standard InChI is InChI=1S/C16H21N3OS/c1-5-17-16(20)13-6-7-15(18-9-13)19-11(3)14-8-10(2)21-12(14)4/h6-9,11H,5H2,1-4H3,(H,17,20)(H,18,19). The van der Waals surface area contributed by atoms with Crippen LogP contribution in [0.1, 0.15) is 45.6 Å². The highest BCUT2D eigenvalue weighted by Crippen LogP contribution is 2.28. The van der Waals surface area contributed by atoms with Gasteiger partial charge in [0.25, 0.3) is 5.91 Å². The average Bonchev–Trinajstić information content (AvgIpc) is 2.79. The molecule has 1 amide bonds. The predicted molar refractivity (Wildman–Crippen MR) is 88.1 cm³/mol. The minimum atomic E-state index is -0.0890. The van der Waals surface area contributed by atoms with Gasteiger partial charge >= 0.3 is 0 Å². The van der Waals surface area contributed by atoms with E-state index in [-0.39, 0.29) is 11.9 Å². The fourth-order valence-electron chi connectivity index (χ4n) is 2.26. The number of carbonyl (C=O) groups is 1. The number of nitrogens with zero attached hydrogens (tertiary/aromatic N) is 1. The quantitative estimate of drug-likeness (QED) is 0.886. The Labute approximate surface area is 129 Å². The summed E-state index contributed by atoms with van der Waals surface area (Å²) in [4.78, 5) is 18.6. The summed E-state index contributed by atoms with van der Waals surface area (Å²) in [6, 6.07) is 6.03. The molecule has 0 aliphatic rings. The van der Waals surface area contributed by atoms with E-state index in [2.05, 4.69) is 42.5 Å². The molecule has 5 heteroatoms. The van der Waals surface area contributed by atoms with Crippen molar-refractivity contribution in [2.45, 2.75) is 33.7 Å². The van der Waals surface area contributed by atoms with Gasteiger partial charge in [0, 0.05) is 22.5 Å². The summed E-state index contributed by atoms with van der Waals surface area (Å²) >= 11 is 1.81. The number of hydrogen-bond donors (Lipinski definition) is 2. The molecule has 0 radical (unpaired) electrons. The van der Waals surface area contributed by atoms with Crippen LogP contribution in [0.4, 0.5) is 5.82 Å². The number of anilines is 1. The number of amides is 1. The molecule has 0 fully saturated rings. The Hall–Kier alpha value is -1.88. The van der Waals surface area contributed by atoms with Gasteiger partial charge in [0.2, 0.25) is 0 Å². The number of pyridine rings is 1. The molecule has 1 atom stereocenters. The summed E-state index contributed by atoms with van der Waals surface area (Å²) in [5.74, 6) is 0.688. The number of hydrogen-bond acceptors (Lipinski definition) is 4. The zero-order valence-electron chi connectivity index (χ0n) is 12.9. The zero-order chi connectivity index (χ0) is 15.4. The van der Waals surface area contributed by atoms with E-state index < -0.39 is 0 Å². The van der Waals surface area contributed by atoms with Crippen molar-refractivity contribution < 1.29 is 4.79 Å². The molecule has 0 aromatic carbocycles.